The van der Waals surface area contributed by atoms with Crippen LogP contribution in [0.15, 0.2) is 249 Å². The first kappa shape index (κ1) is 47.9. The van der Waals surface area contributed by atoms with E-state index in [1.807, 2.05) is 24.4 Å². The first-order valence-electron chi connectivity index (χ1n) is 26.0. The minimum Gasteiger partial charge on any atom is -0.509 e. The molecule has 14 rings (SSSR count). The molecule has 5 nitrogen and oxygen atoms in total. The molecular formula is C71H51N4OPt-3. The zero-order valence-electron chi connectivity index (χ0n) is 42.8. The third kappa shape index (κ3) is 7.91. The molecule has 1 aliphatic carbocycles. The fraction of sp³-hybridized carbons (Fsp3) is 0.0704. The van der Waals surface area contributed by atoms with Gasteiger partial charge in [-0.1, -0.05) is 208 Å². The summed E-state index contributed by atoms with van der Waals surface area (Å²) in [5.74, 6) is 1.95. The molecule has 10 aromatic carbocycles. The van der Waals surface area contributed by atoms with E-state index in [1.165, 1.54) is 33.4 Å². The topological polar surface area (TPSA) is 33.5 Å². The van der Waals surface area contributed by atoms with Crippen LogP contribution in [-0.2, 0) is 31.9 Å². The van der Waals surface area contributed by atoms with Crippen LogP contribution in [0.4, 0.5) is 22.7 Å². The van der Waals surface area contributed by atoms with Crippen molar-refractivity contribution >= 4 is 44.6 Å². The van der Waals surface area contributed by atoms with E-state index >= 15 is 0 Å². The van der Waals surface area contributed by atoms with Gasteiger partial charge in [0.1, 0.15) is 5.82 Å². The predicted molar refractivity (Wildman–Crippen MR) is 311 cm³/mol. The number of aromatic nitrogens is 2. The summed E-state index contributed by atoms with van der Waals surface area (Å²) in [7, 11) is 0. The number of anilines is 4. The third-order valence-electron chi connectivity index (χ3n) is 15.4. The summed E-state index contributed by atoms with van der Waals surface area (Å²) in [5.41, 5.74) is 18.6. The van der Waals surface area contributed by atoms with Gasteiger partial charge in [-0.15, -0.1) is 48.1 Å². The Bertz CT molecular complexity index is 4130. The van der Waals surface area contributed by atoms with Crippen LogP contribution in [0.1, 0.15) is 48.6 Å². The van der Waals surface area contributed by atoms with Crippen molar-refractivity contribution in [3.63, 3.8) is 0 Å². The van der Waals surface area contributed by atoms with E-state index in [2.05, 4.69) is 278 Å². The standard InChI is InChI=1S/C71H51N4O.Pt/c1-70(2,3)51-37-39-59-58-29-13-15-33-62(58)71(63(59)43-51,50-25-11-6-12-26-50)52-41-42-72-68(44-52)75-64-34-16-14-30-60(64)61-40-38-55(46-67(61)75)76-54-28-19-27-53(45-54)73-47-74(66-36-18-17-35-65(66)73)69-56(48-21-7-4-8-22-48)31-20-32-57(69)49-23-9-5-10-24-49;/h4-44,47H,1-3H3;/q-3;. The normalized spacial score (nSPS) is 14.5. The number of fused-ring (bicyclic) bond motifs is 7. The van der Waals surface area contributed by atoms with Crippen molar-refractivity contribution < 1.29 is 25.8 Å². The smallest absolute Gasteiger partial charge is 0.135 e. The molecule has 0 N–H and O–H groups in total. The second-order valence-electron chi connectivity index (χ2n) is 20.8. The second kappa shape index (κ2) is 19.1. The number of benzene rings is 10. The molecule has 374 valence electrons. The molecule has 12 aromatic rings. The Morgan fingerprint density at radius 1 is 0.481 bits per heavy atom. The van der Waals surface area contributed by atoms with E-state index in [0.717, 1.165) is 78.2 Å². The zero-order chi connectivity index (χ0) is 51.0. The van der Waals surface area contributed by atoms with E-state index < -0.39 is 5.41 Å². The predicted octanol–water partition coefficient (Wildman–Crippen LogP) is 18.0. The maximum Gasteiger partial charge on any atom is 0.135 e. The molecule has 0 spiro atoms. The second-order valence-corrected chi connectivity index (χ2v) is 20.8. The van der Waals surface area contributed by atoms with Gasteiger partial charge in [0, 0.05) is 72.5 Å². The Morgan fingerprint density at radius 2 is 1.09 bits per heavy atom. The molecule has 0 fully saturated rings. The van der Waals surface area contributed by atoms with E-state index in [9.17, 15) is 0 Å². The first-order valence-corrected chi connectivity index (χ1v) is 26.0. The Kier molecular flexibility index (Phi) is 11.9. The summed E-state index contributed by atoms with van der Waals surface area (Å²) in [5, 5.41) is 2.17. The summed E-state index contributed by atoms with van der Waals surface area (Å²) < 4.78 is 9.07. The molecule has 0 radical (unpaired) electrons. The SMILES string of the molecule is CC(C)(C)c1ccc2c(c1)C(c1ccccc1)(c1ccnc(-n3c4[c-]c(Oc5[c-]c(N6[CH-]N(c7c(-c8ccccc8)cccc7-c7ccccc7)c7ccccc76)ccc5)ccc4c4ccccc43)c1)c1ccccc1-2.[Pt]. The summed E-state index contributed by atoms with van der Waals surface area (Å²) >= 11 is 0. The maximum atomic E-state index is 6.82. The Hall–Kier alpha value is -8.76. The number of nitrogens with zero attached hydrogens (tertiary/aromatic N) is 4. The van der Waals surface area contributed by atoms with Crippen molar-refractivity contribution in [2.75, 3.05) is 9.80 Å². The van der Waals surface area contributed by atoms with E-state index in [0.29, 0.717) is 11.5 Å². The van der Waals surface area contributed by atoms with Crippen molar-refractivity contribution in [1.82, 2.24) is 9.55 Å². The van der Waals surface area contributed by atoms with Crippen LogP contribution in [0.3, 0.4) is 0 Å². The number of para-hydroxylation sites is 4. The molecule has 77 heavy (non-hydrogen) atoms. The van der Waals surface area contributed by atoms with Crippen molar-refractivity contribution in [3.8, 4) is 50.7 Å². The summed E-state index contributed by atoms with van der Waals surface area (Å²) in [6, 6.07) is 94.1. The molecule has 0 bridgehead atoms. The van der Waals surface area contributed by atoms with Gasteiger partial charge in [0.15, 0.2) is 0 Å². The Labute approximate surface area is 464 Å². The van der Waals surface area contributed by atoms with Crippen LogP contribution >= 0.6 is 0 Å². The largest absolute Gasteiger partial charge is 0.509 e. The van der Waals surface area contributed by atoms with Gasteiger partial charge in [0.05, 0.1) is 5.41 Å². The van der Waals surface area contributed by atoms with Gasteiger partial charge in [-0.3, -0.25) is 0 Å². The van der Waals surface area contributed by atoms with Crippen molar-refractivity contribution in [3.05, 3.63) is 295 Å². The van der Waals surface area contributed by atoms with Gasteiger partial charge < -0.3 is 19.1 Å². The van der Waals surface area contributed by atoms with Gasteiger partial charge >= 0.3 is 0 Å². The Balaban J connectivity index is 0.00000566. The van der Waals surface area contributed by atoms with Gasteiger partial charge in [-0.2, -0.15) is 12.1 Å². The molecule has 0 saturated carbocycles. The number of rotatable bonds is 9. The van der Waals surface area contributed by atoms with Gasteiger partial charge in [0.25, 0.3) is 0 Å². The summed E-state index contributed by atoms with van der Waals surface area (Å²) in [6.07, 6.45) is 1.97. The van der Waals surface area contributed by atoms with Crippen molar-refractivity contribution in [2.45, 2.75) is 31.6 Å². The van der Waals surface area contributed by atoms with Gasteiger partial charge in [-0.25, -0.2) is 4.98 Å². The molecule has 2 aromatic heterocycles. The monoisotopic (exact) mass is 1170 g/mol. The van der Waals surface area contributed by atoms with E-state index in [-0.39, 0.29) is 26.5 Å². The fourth-order valence-corrected chi connectivity index (χ4v) is 11.9. The van der Waals surface area contributed by atoms with Crippen LogP contribution in [0, 0.1) is 18.8 Å². The van der Waals surface area contributed by atoms with E-state index in [4.69, 9.17) is 9.72 Å². The molecule has 3 heterocycles. The van der Waals surface area contributed by atoms with Gasteiger partial charge in [-0.05, 0) is 91.2 Å². The molecule has 0 saturated heterocycles. The van der Waals surface area contributed by atoms with Crippen LogP contribution in [0.25, 0.3) is 61.0 Å². The van der Waals surface area contributed by atoms with Crippen LogP contribution in [0.2, 0.25) is 0 Å². The first-order chi connectivity index (χ1) is 37.3. The Morgan fingerprint density at radius 3 is 1.83 bits per heavy atom. The molecule has 1 aliphatic heterocycles. The molecule has 1 unspecified atom stereocenters. The number of pyridine rings is 1. The minimum atomic E-state index is -0.608. The number of ether oxygens (including phenoxy) is 1. The molecule has 2 aliphatic rings. The number of hydrogen-bond donors (Lipinski definition) is 0. The number of hydrogen-bond acceptors (Lipinski definition) is 4. The van der Waals surface area contributed by atoms with Crippen molar-refractivity contribution in [1.29, 1.82) is 0 Å². The fourth-order valence-electron chi connectivity index (χ4n) is 11.9. The van der Waals surface area contributed by atoms with Crippen LogP contribution in [0.5, 0.6) is 11.5 Å². The average Bonchev–Trinajstić information content (AvgIpc) is 4.35. The molecular weight excluding hydrogens is 1120 g/mol. The van der Waals surface area contributed by atoms with Gasteiger partial charge in [0.2, 0.25) is 0 Å². The van der Waals surface area contributed by atoms with Crippen LogP contribution in [-0.4, -0.2) is 9.55 Å². The van der Waals surface area contributed by atoms with E-state index in [1.54, 1.807) is 0 Å². The average molecular weight is 1170 g/mol. The summed E-state index contributed by atoms with van der Waals surface area (Å²) in [4.78, 5) is 9.71. The molecule has 0 amide bonds. The summed E-state index contributed by atoms with van der Waals surface area (Å²) in [6.45, 7) is 9.07. The molecule has 6 heteroatoms. The van der Waals surface area contributed by atoms with Crippen molar-refractivity contribution in [2.24, 2.45) is 0 Å². The zero-order valence-corrected chi connectivity index (χ0v) is 45.0. The quantitative estimate of drug-likeness (QED) is 0.135. The maximum absolute atomic E-state index is 6.82. The minimum absolute atomic E-state index is 0. The molecule has 1 atom stereocenters. The third-order valence-corrected chi connectivity index (χ3v) is 15.4. The van der Waals surface area contributed by atoms with Crippen LogP contribution < -0.4 is 14.5 Å².